The van der Waals surface area contributed by atoms with Gasteiger partial charge in [-0.3, -0.25) is 0 Å². The number of ether oxygens (including phenoxy) is 1. The van der Waals surface area contributed by atoms with Crippen molar-refractivity contribution in [3.63, 3.8) is 0 Å². The average Bonchev–Trinajstić information content (AvgIpc) is 2.81. The van der Waals surface area contributed by atoms with Crippen molar-refractivity contribution in [2.45, 2.75) is 0 Å². The number of fused-ring (bicyclic) bond motifs is 1. The minimum Gasteiger partial charge on any atom is -0.378 e. The van der Waals surface area contributed by atoms with E-state index in [1.807, 2.05) is 30.5 Å². The number of hydrogen-bond acceptors (Lipinski definition) is 6. The van der Waals surface area contributed by atoms with E-state index < -0.39 is 0 Å². The molecule has 0 amide bonds. The molecule has 6 nitrogen and oxygen atoms in total. The zero-order chi connectivity index (χ0) is 20.3. The number of rotatable bonds is 4. The summed E-state index contributed by atoms with van der Waals surface area (Å²) in [5.74, 6) is 1.20. The van der Waals surface area contributed by atoms with E-state index in [1.165, 1.54) is 12.4 Å². The van der Waals surface area contributed by atoms with Gasteiger partial charge in [-0.05, 0) is 42.0 Å². The highest BCUT2D eigenvalue weighted by Crippen LogP contribution is 2.29. The second-order valence-electron chi connectivity index (χ2n) is 7.06. The minimum absolute atomic E-state index is 0.327. The van der Waals surface area contributed by atoms with E-state index in [1.54, 1.807) is 18.2 Å². The molecule has 150 valence electrons. The van der Waals surface area contributed by atoms with E-state index in [0.717, 1.165) is 54.2 Å². The fourth-order valence-corrected chi connectivity index (χ4v) is 3.56. The maximum Gasteiger partial charge on any atom is 0.146 e. The van der Waals surface area contributed by atoms with Crippen LogP contribution in [0.25, 0.3) is 22.0 Å². The van der Waals surface area contributed by atoms with E-state index in [0.29, 0.717) is 11.5 Å². The highest BCUT2D eigenvalue weighted by atomic mass is 19.1. The molecule has 1 fully saturated rings. The molecule has 4 aromatic rings. The van der Waals surface area contributed by atoms with Crippen molar-refractivity contribution >= 4 is 28.2 Å². The largest absolute Gasteiger partial charge is 0.378 e. The molecular formula is C23H20FN5O. The topological polar surface area (TPSA) is 63.2 Å². The highest BCUT2D eigenvalue weighted by molar-refractivity contribution is 5.93. The van der Waals surface area contributed by atoms with Crippen molar-refractivity contribution in [1.82, 2.24) is 15.0 Å². The fourth-order valence-electron chi connectivity index (χ4n) is 3.56. The van der Waals surface area contributed by atoms with Gasteiger partial charge in [-0.25, -0.2) is 19.3 Å². The normalized spacial score (nSPS) is 14.1. The Morgan fingerprint density at radius 1 is 0.900 bits per heavy atom. The maximum atomic E-state index is 14.0. The van der Waals surface area contributed by atoms with Crippen LogP contribution in [0.15, 0.2) is 67.1 Å². The van der Waals surface area contributed by atoms with Crippen molar-refractivity contribution in [3.8, 4) is 11.1 Å². The SMILES string of the molecule is Fc1ccccc1Nc1ncnc2cc(-c3ccc(N4CCOCC4)nc3)ccc12. The Morgan fingerprint density at radius 2 is 1.73 bits per heavy atom. The Balaban J connectivity index is 1.43. The molecule has 0 atom stereocenters. The standard InChI is InChI=1S/C23H20FN5O/c24-19-3-1-2-4-20(19)28-23-18-7-5-16(13-21(18)26-15-27-23)17-6-8-22(25-14-17)29-9-11-30-12-10-29/h1-8,13-15H,9-12H2,(H,26,27,28). The number of benzene rings is 2. The maximum absolute atomic E-state index is 14.0. The molecule has 2 aromatic heterocycles. The molecule has 1 aliphatic rings. The number of nitrogens with zero attached hydrogens (tertiary/aromatic N) is 4. The lowest BCUT2D eigenvalue weighted by atomic mass is 10.1. The monoisotopic (exact) mass is 401 g/mol. The molecular weight excluding hydrogens is 381 g/mol. The zero-order valence-electron chi connectivity index (χ0n) is 16.3. The number of nitrogens with one attached hydrogen (secondary N) is 1. The number of halogens is 1. The number of aromatic nitrogens is 3. The predicted molar refractivity (Wildman–Crippen MR) is 115 cm³/mol. The third-order valence-electron chi connectivity index (χ3n) is 5.18. The summed E-state index contributed by atoms with van der Waals surface area (Å²) in [5, 5.41) is 3.89. The van der Waals surface area contributed by atoms with Gasteiger partial charge in [-0.2, -0.15) is 0 Å². The van der Waals surface area contributed by atoms with Gasteiger partial charge in [-0.15, -0.1) is 0 Å². The first-order valence-corrected chi connectivity index (χ1v) is 9.83. The highest BCUT2D eigenvalue weighted by Gasteiger charge is 2.13. The minimum atomic E-state index is -0.327. The van der Waals surface area contributed by atoms with Crippen LogP contribution in [0.4, 0.5) is 21.7 Å². The van der Waals surface area contributed by atoms with Gasteiger partial charge >= 0.3 is 0 Å². The van der Waals surface area contributed by atoms with Crippen LogP contribution in [-0.4, -0.2) is 41.3 Å². The molecule has 1 aliphatic heterocycles. The number of anilines is 3. The fraction of sp³-hybridized carbons (Fsp3) is 0.174. The summed E-state index contributed by atoms with van der Waals surface area (Å²) in [5.41, 5.74) is 3.18. The van der Waals surface area contributed by atoms with Crippen molar-refractivity contribution in [2.75, 3.05) is 36.5 Å². The third-order valence-corrected chi connectivity index (χ3v) is 5.18. The van der Waals surface area contributed by atoms with Crippen LogP contribution in [0.5, 0.6) is 0 Å². The van der Waals surface area contributed by atoms with Gasteiger partial charge in [0.25, 0.3) is 0 Å². The van der Waals surface area contributed by atoms with Crippen molar-refractivity contribution < 1.29 is 9.13 Å². The van der Waals surface area contributed by atoms with E-state index in [2.05, 4.69) is 31.2 Å². The van der Waals surface area contributed by atoms with Crippen LogP contribution in [0.1, 0.15) is 0 Å². The molecule has 5 rings (SSSR count). The molecule has 0 spiro atoms. The summed E-state index contributed by atoms with van der Waals surface area (Å²) in [6.07, 6.45) is 3.36. The smallest absolute Gasteiger partial charge is 0.146 e. The van der Waals surface area contributed by atoms with E-state index in [4.69, 9.17) is 4.74 Å². The molecule has 0 aliphatic carbocycles. The molecule has 2 aromatic carbocycles. The zero-order valence-corrected chi connectivity index (χ0v) is 16.3. The lowest BCUT2D eigenvalue weighted by molar-refractivity contribution is 0.122. The first-order chi connectivity index (χ1) is 14.8. The summed E-state index contributed by atoms with van der Waals surface area (Å²) in [6.45, 7) is 3.18. The van der Waals surface area contributed by atoms with Crippen LogP contribution in [0.3, 0.4) is 0 Å². The van der Waals surface area contributed by atoms with Crippen molar-refractivity contribution in [2.24, 2.45) is 0 Å². The van der Waals surface area contributed by atoms with E-state index >= 15 is 0 Å². The Hall–Kier alpha value is -3.58. The lowest BCUT2D eigenvalue weighted by Crippen LogP contribution is -2.36. The van der Waals surface area contributed by atoms with Crippen LogP contribution < -0.4 is 10.2 Å². The lowest BCUT2D eigenvalue weighted by Gasteiger charge is -2.27. The molecule has 7 heteroatoms. The molecule has 0 saturated carbocycles. The molecule has 30 heavy (non-hydrogen) atoms. The molecule has 0 bridgehead atoms. The summed E-state index contributed by atoms with van der Waals surface area (Å²) in [6, 6.07) is 16.6. The van der Waals surface area contributed by atoms with Gasteiger partial charge in [0.1, 0.15) is 23.8 Å². The van der Waals surface area contributed by atoms with Crippen LogP contribution in [-0.2, 0) is 4.74 Å². The summed E-state index contributed by atoms with van der Waals surface area (Å²) in [4.78, 5) is 15.5. The van der Waals surface area contributed by atoms with E-state index in [-0.39, 0.29) is 5.82 Å². The predicted octanol–water partition coefficient (Wildman–Crippen LogP) is 4.41. The van der Waals surface area contributed by atoms with Gasteiger partial charge < -0.3 is 15.0 Å². The second-order valence-corrected chi connectivity index (χ2v) is 7.06. The first kappa shape index (κ1) is 18.4. The Bertz CT molecular complexity index is 1180. The van der Waals surface area contributed by atoms with Crippen molar-refractivity contribution in [1.29, 1.82) is 0 Å². The Morgan fingerprint density at radius 3 is 2.53 bits per heavy atom. The van der Waals surface area contributed by atoms with Gasteiger partial charge in [0, 0.05) is 30.2 Å². The molecule has 0 unspecified atom stereocenters. The van der Waals surface area contributed by atoms with Crippen molar-refractivity contribution in [3.05, 3.63) is 72.9 Å². The summed E-state index contributed by atoms with van der Waals surface area (Å²) < 4.78 is 19.4. The summed E-state index contributed by atoms with van der Waals surface area (Å²) in [7, 11) is 0. The number of hydrogen-bond donors (Lipinski definition) is 1. The molecule has 1 N–H and O–H groups in total. The summed E-state index contributed by atoms with van der Waals surface area (Å²) >= 11 is 0. The second kappa shape index (κ2) is 8.04. The van der Waals surface area contributed by atoms with Gasteiger partial charge in [-0.1, -0.05) is 18.2 Å². The third kappa shape index (κ3) is 3.67. The first-order valence-electron chi connectivity index (χ1n) is 9.83. The molecule has 0 radical (unpaired) electrons. The number of pyridine rings is 1. The molecule has 3 heterocycles. The Kier molecular flexibility index (Phi) is 4.94. The van der Waals surface area contributed by atoms with Gasteiger partial charge in [0.15, 0.2) is 0 Å². The van der Waals surface area contributed by atoms with Crippen LogP contribution >= 0.6 is 0 Å². The van der Waals surface area contributed by atoms with E-state index in [9.17, 15) is 4.39 Å². The van der Waals surface area contributed by atoms with Crippen LogP contribution in [0.2, 0.25) is 0 Å². The quantitative estimate of drug-likeness (QED) is 0.547. The number of para-hydroxylation sites is 1. The van der Waals surface area contributed by atoms with Crippen LogP contribution in [0, 0.1) is 5.82 Å². The number of morpholine rings is 1. The molecule has 1 saturated heterocycles. The Labute approximate surface area is 173 Å². The van der Waals surface area contributed by atoms with Gasteiger partial charge in [0.2, 0.25) is 0 Å². The average molecular weight is 401 g/mol. The van der Waals surface area contributed by atoms with Gasteiger partial charge in [0.05, 0.1) is 24.4 Å².